The minimum atomic E-state index is -3.49. The Bertz CT molecular complexity index is 1480. The maximum atomic E-state index is 13.3. The van der Waals surface area contributed by atoms with Crippen molar-refractivity contribution in [1.82, 2.24) is 10.2 Å². The van der Waals surface area contributed by atoms with Gasteiger partial charge in [0.2, 0.25) is 15.9 Å². The summed E-state index contributed by atoms with van der Waals surface area (Å²) in [4.78, 5) is 27.7. The molecule has 2 amide bonds. The van der Waals surface area contributed by atoms with Crippen LogP contribution in [0.15, 0.2) is 72.8 Å². The van der Waals surface area contributed by atoms with Gasteiger partial charge in [-0.3, -0.25) is 14.3 Å². The number of anilines is 1. The molecule has 3 aromatic rings. The molecule has 2 N–H and O–H groups in total. The Morgan fingerprint density at radius 1 is 1.00 bits per heavy atom. The van der Waals surface area contributed by atoms with Crippen LogP contribution in [-0.4, -0.2) is 63.3 Å². The number of hydrogen-bond acceptors (Lipinski definition) is 6. The van der Waals surface area contributed by atoms with E-state index < -0.39 is 16.1 Å². The summed E-state index contributed by atoms with van der Waals surface area (Å²) in [6.45, 7) is 0.639. The van der Waals surface area contributed by atoms with Crippen molar-refractivity contribution in [3.63, 3.8) is 0 Å². The summed E-state index contributed by atoms with van der Waals surface area (Å²) in [5, 5.41) is 2.99. The van der Waals surface area contributed by atoms with Crippen molar-refractivity contribution >= 4 is 27.5 Å². The number of likely N-dealkylation sites (N-methyl/N-ethyl adjacent to an activating group) is 1. The summed E-state index contributed by atoms with van der Waals surface area (Å²) in [5.41, 5.74) is 3.86. The molecule has 5 rings (SSSR count). The second-order valence-electron chi connectivity index (χ2n) is 10.3. The van der Waals surface area contributed by atoms with Crippen LogP contribution in [0.4, 0.5) is 5.69 Å². The summed E-state index contributed by atoms with van der Waals surface area (Å²) in [7, 11) is -1.77. The molecule has 0 aliphatic carbocycles. The van der Waals surface area contributed by atoms with Crippen LogP contribution in [0.3, 0.4) is 0 Å². The van der Waals surface area contributed by atoms with Gasteiger partial charge in [0.05, 0.1) is 30.4 Å². The molecule has 0 saturated carbocycles. The zero-order valence-corrected chi connectivity index (χ0v) is 23.3. The van der Waals surface area contributed by atoms with Crippen molar-refractivity contribution in [2.24, 2.45) is 0 Å². The van der Waals surface area contributed by atoms with Crippen molar-refractivity contribution in [3.05, 3.63) is 83.9 Å². The second-order valence-corrected chi connectivity index (χ2v) is 12.0. The van der Waals surface area contributed by atoms with Crippen LogP contribution < -0.4 is 14.8 Å². The first-order chi connectivity index (χ1) is 19.2. The maximum absolute atomic E-state index is 13.3. The molecule has 1 fully saturated rings. The van der Waals surface area contributed by atoms with E-state index in [1.165, 1.54) is 6.07 Å². The molecule has 2 aliphatic heterocycles. The minimum absolute atomic E-state index is 0.0944. The molecule has 210 valence electrons. The number of fused-ring (bicyclic) bond motifs is 2. The number of nitrogens with zero attached hydrogens (tertiary/aromatic N) is 1. The molecule has 3 atom stereocenters. The van der Waals surface area contributed by atoms with Crippen molar-refractivity contribution < 1.29 is 27.5 Å². The Hall–Kier alpha value is -3.89. The molecule has 2 aliphatic rings. The fraction of sp³-hybridized carbons (Fsp3) is 0.333. The highest BCUT2D eigenvalue weighted by Gasteiger charge is 2.39. The third-order valence-corrected chi connectivity index (χ3v) is 7.89. The first kappa shape index (κ1) is 27.7. The summed E-state index contributed by atoms with van der Waals surface area (Å²) in [5.74, 6) is -0.0148. The van der Waals surface area contributed by atoms with Gasteiger partial charge in [0.15, 0.2) is 0 Å². The number of ether oxygens (including phenoxy) is 2. The third kappa shape index (κ3) is 6.63. The van der Waals surface area contributed by atoms with Crippen LogP contribution in [0.1, 0.15) is 35.2 Å². The van der Waals surface area contributed by atoms with Crippen LogP contribution in [0.25, 0.3) is 11.1 Å². The molecule has 0 spiro atoms. The Morgan fingerprint density at radius 3 is 2.45 bits per heavy atom. The van der Waals surface area contributed by atoms with Crippen LogP contribution in [0, 0.1) is 0 Å². The third-order valence-electron chi connectivity index (χ3n) is 7.28. The van der Waals surface area contributed by atoms with Gasteiger partial charge in [-0.05, 0) is 47.7 Å². The lowest BCUT2D eigenvalue weighted by molar-refractivity contribution is -0.134. The predicted octanol–water partition coefficient (Wildman–Crippen LogP) is 3.81. The molecule has 0 radical (unpaired) electrons. The summed E-state index contributed by atoms with van der Waals surface area (Å²) in [6.07, 6.45) is 1.88. The van der Waals surface area contributed by atoms with Gasteiger partial charge in [-0.15, -0.1) is 0 Å². The van der Waals surface area contributed by atoms with E-state index in [9.17, 15) is 18.0 Å². The molecule has 0 aromatic heterocycles. The van der Waals surface area contributed by atoms with Crippen molar-refractivity contribution in [1.29, 1.82) is 0 Å². The molecule has 2 heterocycles. The largest absolute Gasteiger partial charge is 0.490 e. The monoisotopic (exact) mass is 563 g/mol. The predicted molar refractivity (Wildman–Crippen MR) is 153 cm³/mol. The van der Waals surface area contributed by atoms with E-state index in [2.05, 4.69) is 34.3 Å². The molecule has 40 heavy (non-hydrogen) atoms. The normalized spacial score (nSPS) is 20.8. The molecular formula is C30H33N3O6S. The average molecular weight is 564 g/mol. The number of carbonyl (C=O) groups excluding carboxylic acids is 2. The first-order valence-electron chi connectivity index (χ1n) is 13.2. The minimum Gasteiger partial charge on any atom is -0.490 e. The number of hydrogen-bond donors (Lipinski definition) is 2. The maximum Gasteiger partial charge on any atom is 0.257 e. The zero-order valence-electron chi connectivity index (χ0n) is 22.5. The lowest BCUT2D eigenvalue weighted by Crippen LogP contribution is -2.53. The smallest absolute Gasteiger partial charge is 0.257 e. The van der Waals surface area contributed by atoms with Crippen LogP contribution >= 0.6 is 0 Å². The Morgan fingerprint density at radius 2 is 1.73 bits per heavy atom. The number of nitrogens with one attached hydrogen (secondary N) is 2. The van der Waals surface area contributed by atoms with E-state index in [0.717, 1.165) is 22.9 Å². The van der Waals surface area contributed by atoms with Crippen LogP contribution in [0.5, 0.6) is 5.75 Å². The van der Waals surface area contributed by atoms with Crippen LogP contribution in [-0.2, 0) is 26.1 Å². The molecule has 0 bridgehead atoms. The molecular weight excluding hydrogens is 530 g/mol. The highest BCUT2D eigenvalue weighted by Crippen LogP contribution is 2.32. The topological polar surface area (TPSA) is 114 Å². The Balaban J connectivity index is 1.17. The Labute approximate surface area is 234 Å². The SMILES string of the molecule is CN1C(=O)c2cc(NS(C)(=O)=O)ccc2OC[C@@H]2O[C@H](CC(=O)NCc3ccc(-c4ccccc4)cc3)CC[C@H]21. The second kappa shape index (κ2) is 11.7. The standard InChI is InChI=1S/C30H33N3O6S/c1-33-26-14-13-24(17-29(34)31-18-20-8-10-22(11-9-20)21-6-4-3-5-7-21)39-28(26)19-38-27-15-12-23(32-40(2,36)37)16-25(27)30(33)35/h3-12,15-16,24,26,28,32H,13-14,17-19H2,1-2H3,(H,31,34)/t24-,26+,28-/m0/s1. The van der Waals surface area contributed by atoms with Gasteiger partial charge in [-0.25, -0.2) is 8.42 Å². The highest BCUT2D eigenvalue weighted by atomic mass is 32.2. The Kier molecular flexibility index (Phi) is 8.09. The van der Waals surface area contributed by atoms with Gasteiger partial charge < -0.3 is 19.7 Å². The molecule has 1 saturated heterocycles. The van der Waals surface area contributed by atoms with Gasteiger partial charge in [0.1, 0.15) is 18.5 Å². The first-order valence-corrected chi connectivity index (χ1v) is 15.1. The number of benzene rings is 3. The summed E-state index contributed by atoms with van der Waals surface area (Å²) >= 11 is 0. The summed E-state index contributed by atoms with van der Waals surface area (Å²) in [6, 6.07) is 22.7. The van der Waals surface area contributed by atoms with E-state index in [-0.39, 0.29) is 42.6 Å². The highest BCUT2D eigenvalue weighted by molar-refractivity contribution is 7.92. The van der Waals surface area contributed by atoms with E-state index in [1.54, 1.807) is 24.1 Å². The number of amides is 2. The lowest BCUT2D eigenvalue weighted by Gasteiger charge is -2.42. The lowest BCUT2D eigenvalue weighted by atomic mass is 9.94. The van der Waals surface area contributed by atoms with Gasteiger partial charge in [-0.2, -0.15) is 0 Å². The molecule has 0 unspecified atom stereocenters. The molecule has 9 nitrogen and oxygen atoms in total. The summed E-state index contributed by atoms with van der Waals surface area (Å²) < 4.78 is 37.9. The molecule has 3 aromatic carbocycles. The fourth-order valence-corrected chi connectivity index (χ4v) is 5.79. The van der Waals surface area contributed by atoms with Gasteiger partial charge in [0, 0.05) is 19.3 Å². The molecule has 10 heteroatoms. The van der Waals surface area contributed by atoms with Gasteiger partial charge in [0.25, 0.3) is 5.91 Å². The number of carbonyl (C=O) groups is 2. The van der Waals surface area contributed by atoms with E-state index >= 15 is 0 Å². The van der Waals surface area contributed by atoms with E-state index in [1.807, 2.05) is 30.3 Å². The van der Waals surface area contributed by atoms with E-state index in [0.29, 0.717) is 30.8 Å². The van der Waals surface area contributed by atoms with Crippen molar-refractivity contribution in [2.75, 3.05) is 24.6 Å². The van der Waals surface area contributed by atoms with E-state index in [4.69, 9.17) is 9.47 Å². The zero-order chi connectivity index (χ0) is 28.3. The number of sulfonamides is 1. The fourth-order valence-electron chi connectivity index (χ4n) is 5.23. The van der Waals surface area contributed by atoms with Crippen molar-refractivity contribution in [2.45, 2.75) is 44.1 Å². The van der Waals surface area contributed by atoms with Gasteiger partial charge >= 0.3 is 0 Å². The number of rotatable bonds is 7. The quantitative estimate of drug-likeness (QED) is 0.452. The van der Waals surface area contributed by atoms with Gasteiger partial charge in [-0.1, -0.05) is 54.6 Å². The van der Waals surface area contributed by atoms with Crippen LogP contribution in [0.2, 0.25) is 0 Å². The van der Waals surface area contributed by atoms with Crippen molar-refractivity contribution in [3.8, 4) is 16.9 Å². The average Bonchev–Trinajstić information content (AvgIpc) is 2.94.